The van der Waals surface area contributed by atoms with Crippen molar-refractivity contribution >= 4 is 28.9 Å². The third kappa shape index (κ3) is 4.20. The lowest BCUT2D eigenvalue weighted by Gasteiger charge is -2.06. The summed E-state index contributed by atoms with van der Waals surface area (Å²) in [4.78, 5) is 10.1. The smallest absolute Gasteiger partial charge is 0.269 e. The molecule has 1 N–H and O–H groups in total. The fourth-order valence-corrected chi connectivity index (χ4v) is 2.37. The zero-order valence-electron chi connectivity index (χ0n) is 10.5. The van der Waals surface area contributed by atoms with Crippen LogP contribution < -0.4 is 5.32 Å². The average Bonchev–Trinajstić information content (AvgIpc) is 2.38. The van der Waals surface area contributed by atoms with Crippen molar-refractivity contribution < 1.29 is 4.92 Å². The van der Waals surface area contributed by atoms with E-state index in [1.54, 1.807) is 18.2 Å². The van der Waals surface area contributed by atoms with Crippen molar-refractivity contribution in [2.75, 3.05) is 0 Å². The maximum atomic E-state index is 10.5. The van der Waals surface area contributed by atoms with Gasteiger partial charge in [0.1, 0.15) is 0 Å². The van der Waals surface area contributed by atoms with Crippen LogP contribution in [0.25, 0.3) is 0 Å². The van der Waals surface area contributed by atoms with Crippen molar-refractivity contribution in [3.05, 3.63) is 73.8 Å². The van der Waals surface area contributed by atoms with Gasteiger partial charge in [-0.25, -0.2) is 0 Å². The van der Waals surface area contributed by atoms with Crippen LogP contribution in [-0.4, -0.2) is 4.92 Å². The molecule has 104 valence electrons. The Kier molecular flexibility index (Phi) is 4.95. The highest BCUT2D eigenvalue weighted by molar-refractivity contribution is 6.34. The van der Waals surface area contributed by atoms with E-state index in [-0.39, 0.29) is 5.69 Å². The molecule has 0 heterocycles. The zero-order chi connectivity index (χ0) is 14.5. The quantitative estimate of drug-likeness (QED) is 0.665. The molecule has 0 spiro atoms. The molecule has 0 aromatic heterocycles. The van der Waals surface area contributed by atoms with Gasteiger partial charge in [-0.15, -0.1) is 0 Å². The normalized spacial score (nSPS) is 10.5. The van der Waals surface area contributed by atoms with E-state index >= 15 is 0 Å². The second kappa shape index (κ2) is 6.70. The topological polar surface area (TPSA) is 55.2 Å². The number of hydrogen-bond donors (Lipinski definition) is 1. The van der Waals surface area contributed by atoms with E-state index in [9.17, 15) is 10.1 Å². The number of non-ortho nitro benzene ring substituents is 1. The molecule has 20 heavy (non-hydrogen) atoms. The van der Waals surface area contributed by atoms with E-state index in [4.69, 9.17) is 23.2 Å². The van der Waals surface area contributed by atoms with Crippen LogP contribution >= 0.6 is 23.2 Å². The van der Waals surface area contributed by atoms with Crippen LogP contribution in [0, 0.1) is 10.1 Å². The minimum Gasteiger partial charge on any atom is -0.309 e. The maximum Gasteiger partial charge on any atom is 0.269 e. The number of halogens is 2. The van der Waals surface area contributed by atoms with Crippen molar-refractivity contribution in [3.8, 4) is 0 Å². The molecule has 6 heteroatoms. The molecule has 0 aliphatic carbocycles. The lowest BCUT2D eigenvalue weighted by atomic mass is 10.2. The summed E-state index contributed by atoms with van der Waals surface area (Å²) < 4.78 is 0. The van der Waals surface area contributed by atoms with E-state index in [0.29, 0.717) is 23.1 Å². The van der Waals surface area contributed by atoms with E-state index in [0.717, 1.165) is 11.1 Å². The monoisotopic (exact) mass is 310 g/mol. The summed E-state index contributed by atoms with van der Waals surface area (Å²) in [5.41, 5.74) is 2.06. The molecule has 2 aromatic carbocycles. The predicted octanol–water partition coefficient (Wildman–Crippen LogP) is 4.19. The largest absolute Gasteiger partial charge is 0.309 e. The molecular formula is C14H12Cl2N2O2. The van der Waals surface area contributed by atoms with Crippen LogP contribution in [0.4, 0.5) is 5.69 Å². The van der Waals surface area contributed by atoms with Crippen molar-refractivity contribution in [3.63, 3.8) is 0 Å². The third-order valence-electron chi connectivity index (χ3n) is 2.73. The van der Waals surface area contributed by atoms with Gasteiger partial charge in [0.25, 0.3) is 5.69 Å². The SMILES string of the molecule is O=[N+]([O-])c1ccc(CNCc2cc(Cl)cc(Cl)c2)cc1. The molecule has 4 nitrogen and oxygen atoms in total. The molecule has 0 bridgehead atoms. The lowest BCUT2D eigenvalue weighted by Crippen LogP contribution is -2.12. The predicted molar refractivity (Wildman–Crippen MR) is 80.1 cm³/mol. The highest BCUT2D eigenvalue weighted by atomic mass is 35.5. The van der Waals surface area contributed by atoms with Crippen LogP contribution in [0.1, 0.15) is 11.1 Å². The van der Waals surface area contributed by atoms with Crippen LogP contribution in [0.5, 0.6) is 0 Å². The number of hydrogen-bond acceptors (Lipinski definition) is 3. The number of nitro groups is 1. The number of rotatable bonds is 5. The van der Waals surface area contributed by atoms with Gasteiger partial charge in [-0.2, -0.15) is 0 Å². The highest BCUT2D eigenvalue weighted by Gasteiger charge is 2.04. The van der Waals surface area contributed by atoms with Gasteiger partial charge in [0.05, 0.1) is 4.92 Å². The Bertz CT molecular complexity index is 595. The molecule has 0 unspecified atom stereocenters. The van der Waals surface area contributed by atoms with Crippen LogP contribution in [0.3, 0.4) is 0 Å². The molecule has 0 aliphatic heterocycles. The van der Waals surface area contributed by atoms with Crippen molar-refractivity contribution in [2.45, 2.75) is 13.1 Å². The molecule has 0 saturated carbocycles. The molecular weight excluding hydrogens is 299 g/mol. The number of nitrogens with one attached hydrogen (secondary N) is 1. The summed E-state index contributed by atoms with van der Waals surface area (Å²) in [6, 6.07) is 11.8. The van der Waals surface area contributed by atoms with Crippen molar-refractivity contribution in [2.24, 2.45) is 0 Å². The maximum absolute atomic E-state index is 10.5. The van der Waals surface area contributed by atoms with Crippen LogP contribution in [0.15, 0.2) is 42.5 Å². The third-order valence-corrected chi connectivity index (χ3v) is 3.16. The standard InChI is InChI=1S/C14H12Cl2N2O2/c15-12-5-11(6-13(16)7-12)9-17-8-10-1-3-14(4-2-10)18(19)20/h1-7,17H,8-9H2. The summed E-state index contributed by atoms with van der Waals surface area (Å²) in [6.07, 6.45) is 0. The Hall–Kier alpha value is -1.62. The Balaban J connectivity index is 1.90. The minimum absolute atomic E-state index is 0.0929. The summed E-state index contributed by atoms with van der Waals surface area (Å²) in [5.74, 6) is 0. The van der Waals surface area contributed by atoms with Gasteiger partial charge in [0.15, 0.2) is 0 Å². The lowest BCUT2D eigenvalue weighted by molar-refractivity contribution is -0.384. The second-order valence-electron chi connectivity index (χ2n) is 4.30. The summed E-state index contributed by atoms with van der Waals surface area (Å²) in [6.45, 7) is 1.24. The van der Waals surface area contributed by atoms with E-state index in [1.165, 1.54) is 12.1 Å². The first-order chi connectivity index (χ1) is 9.54. The molecule has 0 atom stereocenters. The first-order valence-corrected chi connectivity index (χ1v) is 6.69. The van der Waals surface area contributed by atoms with Gasteiger partial charge in [-0.1, -0.05) is 35.3 Å². The first-order valence-electron chi connectivity index (χ1n) is 5.93. The molecule has 0 radical (unpaired) electrons. The van der Waals surface area contributed by atoms with Gasteiger partial charge in [-0.05, 0) is 29.3 Å². The molecule has 2 aromatic rings. The van der Waals surface area contributed by atoms with Crippen molar-refractivity contribution in [1.82, 2.24) is 5.32 Å². The minimum atomic E-state index is -0.412. The van der Waals surface area contributed by atoms with Gasteiger partial charge in [-0.3, -0.25) is 10.1 Å². The Morgan fingerprint density at radius 3 is 2.05 bits per heavy atom. The molecule has 2 rings (SSSR count). The van der Waals surface area contributed by atoms with Crippen LogP contribution in [-0.2, 0) is 13.1 Å². The van der Waals surface area contributed by atoms with Gasteiger partial charge in [0, 0.05) is 35.3 Å². The Morgan fingerprint density at radius 2 is 1.50 bits per heavy atom. The Morgan fingerprint density at radius 1 is 0.950 bits per heavy atom. The average molecular weight is 311 g/mol. The summed E-state index contributed by atoms with van der Waals surface area (Å²) in [7, 11) is 0. The zero-order valence-corrected chi connectivity index (χ0v) is 12.0. The van der Waals surface area contributed by atoms with Gasteiger partial charge in [0.2, 0.25) is 0 Å². The molecule has 0 saturated heterocycles. The molecule has 0 fully saturated rings. The van der Waals surface area contributed by atoms with E-state index in [1.807, 2.05) is 12.1 Å². The van der Waals surface area contributed by atoms with Gasteiger partial charge >= 0.3 is 0 Å². The van der Waals surface area contributed by atoms with E-state index < -0.39 is 4.92 Å². The van der Waals surface area contributed by atoms with Crippen LogP contribution in [0.2, 0.25) is 10.0 Å². The second-order valence-corrected chi connectivity index (χ2v) is 5.18. The number of nitrogens with zero attached hydrogens (tertiary/aromatic N) is 1. The fraction of sp³-hybridized carbons (Fsp3) is 0.143. The first kappa shape index (κ1) is 14.8. The Labute approximate surface area is 126 Å². The molecule has 0 aliphatic rings. The van der Waals surface area contributed by atoms with Crippen molar-refractivity contribution in [1.29, 1.82) is 0 Å². The van der Waals surface area contributed by atoms with Gasteiger partial charge < -0.3 is 5.32 Å². The van der Waals surface area contributed by atoms with E-state index in [2.05, 4.69) is 5.32 Å². The number of nitro benzene ring substituents is 1. The number of benzene rings is 2. The molecule has 0 amide bonds. The fourth-order valence-electron chi connectivity index (χ4n) is 1.80. The highest BCUT2D eigenvalue weighted by Crippen LogP contribution is 2.19. The summed E-state index contributed by atoms with van der Waals surface area (Å²) >= 11 is 11.8. The summed E-state index contributed by atoms with van der Waals surface area (Å²) in [5, 5.41) is 15.0.